The summed E-state index contributed by atoms with van der Waals surface area (Å²) in [6.07, 6.45) is 0.614. The molecular weight excluding hydrogens is 305 g/mol. The molecule has 106 valence electrons. The van der Waals surface area contributed by atoms with E-state index >= 15 is 0 Å². The molecule has 0 saturated carbocycles. The molecule has 0 atom stereocenters. The van der Waals surface area contributed by atoms with Crippen molar-refractivity contribution in [1.82, 2.24) is 4.98 Å². The van der Waals surface area contributed by atoms with Crippen LogP contribution in [0.3, 0.4) is 0 Å². The van der Waals surface area contributed by atoms with Gasteiger partial charge in [-0.05, 0) is 36.1 Å². The van der Waals surface area contributed by atoms with Gasteiger partial charge >= 0.3 is 0 Å². The van der Waals surface area contributed by atoms with Crippen molar-refractivity contribution in [2.45, 2.75) is 13.3 Å². The smallest absolute Gasteiger partial charge is 0.205 e. The zero-order chi connectivity index (χ0) is 14.8. The van der Waals surface area contributed by atoms with Crippen LogP contribution in [0.25, 0.3) is 0 Å². The molecule has 2 aromatic heterocycles. The summed E-state index contributed by atoms with van der Waals surface area (Å²) >= 11 is 2.92. The third-order valence-electron chi connectivity index (χ3n) is 3.10. The number of aromatic nitrogens is 1. The number of thiophene rings is 1. The summed E-state index contributed by atoms with van der Waals surface area (Å²) in [5.41, 5.74) is 2.45. The molecule has 0 saturated heterocycles. The van der Waals surface area contributed by atoms with Crippen LogP contribution in [0.5, 0.6) is 0 Å². The van der Waals surface area contributed by atoms with Crippen molar-refractivity contribution >= 4 is 28.5 Å². The van der Waals surface area contributed by atoms with E-state index in [0.717, 1.165) is 16.3 Å². The average Bonchev–Trinajstić information content (AvgIpc) is 3.10. The summed E-state index contributed by atoms with van der Waals surface area (Å²) in [5, 5.41) is 4.61. The highest BCUT2D eigenvalue weighted by atomic mass is 32.1. The van der Waals surface area contributed by atoms with E-state index in [1.807, 2.05) is 23.8 Å². The Labute approximate surface area is 129 Å². The van der Waals surface area contributed by atoms with Gasteiger partial charge in [0.2, 0.25) is 5.78 Å². The van der Waals surface area contributed by atoms with Gasteiger partial charge in [-0.3, -0.25) is 4.79 Å². The van der Waals surface area contributed by atoms with Crippen molar-refractivity contribution in [2.24, 2.45) is 0 Å². The highest BCUT2D eigenvalue weighted by Crippen LogP contribution is 2.24. The SMILES string of the molecule is Cc1nc(Cc2ccc(F)cc2)sc1C(=O)c1ccsc1. The maximum atomic E-state index is 12.9. The molecule has 0 unspecified atom stereocenters. The first-order chi connectivity index (χ1) is 10.1. The summed E-state index contributed by atoms with van der Waals surface area (Å²) < 4.78 is 12.9. The first-order valence-corrected chi connectivity index (χ1v) is 8.17. The minimum atomic E-state index is -0.248. The minimum Gasteiger partial charge on any atom is -0.288 e. The van der Waals surface area contributed by atoms with Crippen LogP contribution in [0, 0.1) is 12.7 Å². The number of thiazole rings is 1. The number of hydrogen-bond donors (Lipinski definition) is 0. The topological polar surface area (TPSA) is 30.0 Å². The lowest BCUT2D eigenvalue weighted by atomic mass is 10.1. The van der Waals surface area contributed by atoms with Gasteiger partial charge in [-0.1, -0.05) is 12.1 Å². The average molecular weight is 317 g/mol. The fraction of sp³-hybridized carbons (Fsp3) is 0.125. The Morgan fingerprint density at radius 2 is 2.00 bits per heavy atom. The van der Waals surface area contributed by atoms with Crippen molar-refractivity contribution in [3.8, 4) is 0 Å². The van der Waals surface area contributed by atoms with E-state index in [2.05, 4.69) is 4.98 Å². The molecule has 0 amide bonds. The Bertz CT molecular complexity index is 760. The van der Waals surface area contributed by atoms with Crippen molar-refractivity contribution in [3.05, 3.63) is 73.6 Å². The molecule has 0 fully saturated rings. The lowest BCUT2D eigenvalue weighted by Crippen LogP contribution is -1.98. The largest absolute Gasteiger partial charge is 0.288 e. The first kappa shape index (κ1) is 14.1. The molecule has 1 aromatic carbocycles. The number of halogens is 1. The fourth-order valence-corrected chi connectivity index (χ4v) is 3.74. The summed E-state index contributed by atoms with van der Waals surface area (Å²) in [4.78, 5) is 17.5. The number of carbonyl (C=O) groups excluding carboxylic acids is 1. The van der Waals surface area contributed by atoms with Crippen LogP contribution in [0.2, 0.25) is 0 Å². The third-order valence-corrected chi connectivity index (χ3v) is 4.94. The van der Waals surface area contributed by atoms with Crippen LogP contribution in [-0.4, -0.2) is 10.8 Å². The Morgan fingerprint density at radius 1 is 1.24 bits per heavy atom. The Kier molecular flexibility index (Phi) is 3.94. The molecule has 0 spiro atoms. The van der Waals surface area contributed by atoms with E-state index in [1.54, 1.807) is 12.1 Å². The summed E-state index contributed by atoms with van der Waals surface area (Å²) in [6.45, 7) is 1.85. The third kappa shape index (κ3) is 3.09. The van der Waals surface area contributed by atoms with E-state index in [-0.39, 0.29) is 11.6 Å². The first-order valence-electron chi connectivity index (χ1n) is 6.41. The zero-order valence-electron chi connectivity index (χ0n) is 11.3. The van der Waals surface area contributed by atoms with Gasteiger partial charge < -0.3 is 0 Å². The lowest BCUT2D eigenvalue weighted by molar-refractivity contribution is 0.104. The predicted molar refractivity (Wildman–Crippen MR) is 83.8 cm³/mol. The van der Waals surface area contributed by atoms with Crippen LogP contribution < -0.4 is 0 Å². The fourth-order valence-electron chi connectivity index (χ4n) is 2.04. The van der Waals surface area contributed by atoms with Gasteiger partial charge in [-0.15, -0.1) is 11.3 Å². The van der Waals surface area contributed by atoms with Crippen LogP contribution in [0.4, 0.5) is 4.39 Å². The number of hydrogen-bond acceptors (Lipinski definition) is 4. The van der Waals surface area contributed by atoms with Gasteiger partial charge in [0.25, 0.3) is 0 Å². The molecule has 5 heteroatoms. The zero-order valence-corrected chi connectivity index (χ0v) is 12.9. The quantitative estimate of drug-likeness (QED) is 0.664. The number of nitrogens with zero attached hydrogens (tertiary/aromatic N) is 1. The van der Waals surface area contributed by atoms with Crippen LogP contribution >= 0.6 is 22.7 Å². The van der Waals surface area contributed by atoms with Crippen molar-refractivity contribution in [1.29, 1.82) is 0 Å². The molecule has 2 heterocycles. The van der Waals surface area contributed by atoms with E-state index in [4.69, 9.17) is 0 Å². The number of ketones is 1. The monoisotopic (exact) mass is 317 g/mol. The second-order valence-corrected chi connectivity index (χ2v) is 6.53. The highest BCUT2D eigenvalue weighted by Gasteiger charge is 2.17. The summed E-state index contributed by atoms with van der Waals surface area (Å²) in [5.74, 6) is -0.223. The molecule has 3 rings (SSSR count). The molecule has 3 aromatic rings. The van der Waals surface area contributed by atoms with Gasteiger partial charge in [-0.25, -0.2) is 9.37 Å². The van der Waals surface area contributed by atoms with Crippen molar-refractivity contribution in [2.75, 3.05) is 0 Å². The number of rotatable bonds is 4. The van der Waals surface area contributed by atoms with Gasteiger partial charge in [0.1, 0.15) is 5.82 Å². The van der Waals surface area contributed by atoms with Crippen molar-refractivity contribution < 1.29 is 9.18 Å². The Hall–Kier alpha value is -1.85. The molecule has 0 N–H and O–H groups in total. The number of carbonyl (C=O) groups is 1. The minimum absolute atomic E-state index is 0.0246. The molecule has 0 radical (unpaired) electrons. The Balaban J connectivity index is 1.84. The van der Waals surface area contributed by atoms with Gasteiger partial charge in [0, 0.05) is 17.4 Å². The summed E-state index contributed by atoms with van der Waals surface area (Å²) in [7, 11) is 0. The second kappa shape index (κ2) is 5.87. The maximum absolute atomic E-state index is 12.9. The van der Waals surface area contributed by atoms with Gasteiger partial charge in [0.05, 0.1) is 15.6 Å². The molecule has 0 bridgehead atoms. The highest BCUT2D eigenvalue weighted by molar-refractivity contribution is 7.14. The van der Waals surface area contributed by atoms with E-state index in [1.165, 1.54) is 34.8 Å². The lowest BCUT2D eigenvalue weighted by Gasteiger charge is -1.97. The van der Waals surface area contributed by atoms with Gasteiger partial charge in [-0.2, -0.15) is 11.3 Å². The maximum Gasteiger partial charge on any atom is 0.205 e. The normalized spacial score (nSPS) is 10.8. The van der Waals surface area contributed by atoms with E-state index < -0.39 is 0 Å². The van der Waals surface area contributed by atoms with Crippen LogP contribution in [-0.2, 0) is 6.42 Å². The Morgan fingerprint density at radius 3 is 2.67 bits per heavy atom. The second-order valence-electron chi connectivity index (χ2n) is 4.67. The predicted octanol–water partition coefficient (Wildman–Crippen LogP) is 4.47. The van der Waals surface area contributed by atoms with Crippen molar-refractivity contribution in [3.63, 3.8) is 0 Å². The molecule has 0 aliphatic carbocycles. The van der Waals surface area contributed by atoms with Gasteiger partial charge in [0.15, 0.2) is 0 Å². The standard InChI is InChI=1S/C16H12FNOS2/c1-10-16(15(19)12-6-7-20-9-12)21-14(18-10)8-11-2-4-13(17)5-3-11/h2-7,9H,8H2,1H3. The molecular formula is C16H12FNOS2. The van der Waals surface area contributed by atoms with Crippen LogP contribution in [0.1, 0.15) is 31.5 Å². The molecule has 0 aliphatic heterocycles. The summed E-state index contributed by atoms with van der Waals surface area (Å²) in [6, 6.07) is 8.19. The number of benzene rings is 1. The molecule has 21 heavy (non-hydrogen) atoms. The van der Waals surface area contributed by atoms with Crippen LogP contribution in [0.15, 0.2) is 41.1 Å². The molecule has 0 aliphatic rings. The number of aryl methyl sites for hydroxylation is 1. The molecule has 2 nitrogen and oxygen atoms in total. The van der Waals surface area contributed by atoms with E-state index in [0.29, 0.717) is 16.9 Å². The van der Waals surface area contributed by atoms with E-state index in [9.17, 15) is 9.18 Å².